The molecule has 1 saturated heterocycles. The second-order valence-electron chi connectivity index (χ2n) is 7.41. The first-order valence-electron chi connectivity index (χ1n) is 10.1. The van der Waals surface area contributed by atoms with Crippen molar-refractivity contribution in [3.63, 3.8) is 0 Å². The van der Waals surface area contributed by atoms with Gasteiger partial charge in [-0.05, 0) is 30.3 Å². The molecule has 4 rings (SSSR count). The Morgan fingerprint density at radius 3 is 2.34 bits per heavy atom. The third-order valence-electron chi connectivity index (χ3n) is 5.47. The lowest BCUT2D eigenvalue weighted by Gasteiger charge is -2.18. The maximum Gasteiger partial charge on any atom is 0.258 e. The molecule has 1 aromatic heterocycles. The standard InChI is InChI=1S/C23H25N3O6/c1-28-17-5-6-20(31-4)15(9-17)12-26-13-16(10-21(26)27)22-24-23(32-25-22)14-7-18(29-2)11-19(8-14)30-3/h5-9,11,16H,10,12-13H2,1-4H3. The lowest BCUT2D eigenvalue weighted by molar-refractivity contribution is -0.128. The second kappa shape index (κ2) is 9.17. The van der Waals surface area contributed by atoms with Crippen molar-refractivity contribution in [2.75, 3.05) is 35.0 Å². The first kappa shape index (κ1) is 21.5. The summed E-state index contributed by atoms with van der Waals surface area (Å²) in [6.07, 6.45) is 0.312. The van der Waals surface area contributed by atoms with Crippen molar-refractivity contribution in [2.24, 2.45) is 0 Å². The average Bonchev–Trinajstić information content (AvgIpc) is 3.46. The molecule has 1 aliphatic heterocycles. The number of ether oxygens (including phenoxy) is 4. The molecule has 0 spiro atoms. The molecule has 2 heterocycles. The smallest absolute Gasteiger partial charge is 0.258 e. The van der Waals surface area contributed by atoms with Gasteiger partial charge in [-0.15, -0.1) is 0 Å². The number of amides is 1. The van der Waals surface area contributed by atoms with Crippen LogP contribution in [0.15, 0.2) is 40.9 Å². The summed E-state index contributed by atoms with van der Waals surface area (Å²) in [5, 5.41) is 4.13. The molecular formula is C23H25N3O6. The van der Waals surface area contributed by atoms with Crippen LogP contribution < -0.4 is 18.9 Å². The predicted octanol–water partition coefficient (Wildman–Crippen LogP) is 3.29. The molecule has 9 heteroatoms. The van der Waals surface area contributed by atoms with Crippen LogP contribution in [0.25, 0.3) is 11.5 Å². The van der Waals surface area contributed by atoms with Gasteiger partial charge in [0.05, 0.1) is 28.4 Å². The average molecular weight is 439 g/mol. The highest BCUT2D eigenvalue weighted by Gasteiger charge is 2.34. The molecule has 9 nitrogen and oxygen atoms in total. The van der Waals surface area contributed by atoms with Crippen LogP contribution >= 0.6 is 0 Å². The van der Waals surface area contributed by atoms with E-state index < -0.39 is 0 Å². The summed E-state index contributed by atoms with van der Waals surface area (Å²) >= 11 is 0. The summed E-state index contributed by atoms with van der Waals surface area (Å²) in [4.78, 5) is 19.0. The monoisotopic (exact) mass is 439 g/mol. The molecule has 1 aliphatic rings. The van der Waals surface area contributed by atoms with E-state index >= 15 is 0 Å². The van der Waals surface area contributed by atoms with Crippen molar-refractivity contribution in [1.29, 1.82) is 0 Å². The van der Waals surface area contributed by atoms with E-state index in [1.54, 1.807) is 51.5 Å². The van der Waals surface area contributed by atoms with Gasteiger partial charge in [0.1, 0.15) is 23.0 Å². The number of benzene rings is 2. The highest BCUT2D eigenvalue weighted by molar-refractivity contribution is 5.79. The van der Waals surface area contributed by atoms with Gasteiger partial charge in [0.15, 0.2) is 5.82 Å². The lowest BCUT2D eigenvalue weighted by atomic mass is 10.1. The first-order chi connectivity index (χ1) is 15.5. The Morgan fingerprint density at radius 1 is 0.969 bits per heavy atom. The number of hydrogen-bond acceptors (Lipinski definition) is 8. The number of nitrogens with zero attached hydrogens (tertiary/aromatic N) is 3. The van der Waals surface area contributed by atoms with Gasteiger partial charge in [0.2, 0.25) is 5.91 Å². The van der Waals surface area contributed by atoms with E-state index in [0.29, 0.717) is 59.8 Å². The Kier molecular flexibility index (Phi) is 6.16. The van der Waals surface area contributed by atoms with Crippen LogP contribution in [0.4, 0.5) is 0 Å². The van der Waals surface area contributed by atoms with Gasteiger partial charge in [-0.3, -0.25) is 4.79 Å². The van der Waals surface area contributed by atoms with E-state index in [0.717, 1.165) is 5.56 Å². The molecule has 1 unspecified atom stereocenters. The maximum absolute atomic E-state index is 12.7. The van der Waals surface area contributed by atoms with Crippen molar-refractivity contribution < 1.29 is 28.3 Å². The highest BCUT2D eigenvalue weighted by atomic mass is 16.5. The lowest BCUT2D eigenvalue weighted by Crippen LogP contribution is -2.24. The Hall–Kier alpha value is -3.75. The minimum absolute atomic E-state index is 0.0225. The molecule has 1 amide bonds. The minimum atomic E-state index is -0.163. The molecule has 168 valence electrons. The Morgan fingerprint density at radius 2 is 1.69 bits per heavy atom. The molecule has 2 aromatic carbocycles. The predicted molar refractivity (Wildman–Crippen MR) is 115 cm³/mol. The van der Waals surface area contributed by atoms with Crippen LogP contribution in [0, 0.1) is 0 Å². The van der Waals surface area contributed by atoms with Gasteiger partial charge in [0.25, 0.3) is 5.89 Å². The Balaban J connectivity index is 1.52. The van der Waals surface area contributed by atoms with Crippen LogP contribution in [0.1, 0.15) is 23.7 Å². The largest absolute Gasteiger partial charge is 0.497 e. The summed E-state index contributed by atoms with van der Waals surface area (Å²) in [5.41, 5.74) is 1.56. The zero-order chi connectivity index (χ0) is 22.7. The van der Waals surface area contributed by atoms with Crippen LogP contribution in [0.2, 0.25) is 0 Å². The summed E-state index contributed by atoms with van der Waals surface area (Å²) < 4.78 is 26.8. The number of methoxy groups -OCH3 is 4. The quantitative estimate of drug-likeness (QED) is 0.528. The molecular weight excluding hydrogens is 414 g/mol. The van der Waals surface area contributed by atoms with Crippen molar-refractivity contribution in [1.82, 2.24) is 15.0 Å². The number of hydrogen-bond donors (Lipinski definition) is 0. The minimum Gasteiger partial charge on any atom is -0.497 e. The van der Waals surface area contributed by atoms with Crippen molar-refractivity contribution in [2.45, 2.75) is 18.9 Å². The molecule has 1 atom stereocenters. The number of aromatic nitrogens is 2. The molecule has 0 N–H and O–H groups in total. The van der Waals surface area contributed by atoms with E-state index in [2.05, 4.69) is 10.1 Å². The maximum atomic E-state index is 12.7. The van der Waals surface area contributed by atoms with Gasteiger partial charge in [-0.25, -0.2) is 0 Å². The van der Waals surface area contributed by atoms with Crippen molar-refractivity contribution >= 4 is 5.91 Å². The van der Waals surface area contributed by atoms with Gasteiger partial charge < -0.3 is 28.4 Å². The zero-order valence-corrected chi connectivity index (χ0v) is 18.5. The third kappa shape index (κ3) is 4.32. The fourth-order valence-electron chi connectivity index (χ4n) is 3.76. The molecule has 1 fully saturated rings. The Labute approximate surface area is 185 Å². The molecule has 0 aliphatic carbocycles. The van der Waals surface area contributed by atoms with Gasteiger partial charge in [-0.1, -0.05) is 5.16 Å². The van der Waals surface area contributed by atoms with E-state index in [1.807, 2.05) is 18.2 Å². The summed E-state index contributed by atoms with van der Waals surface area (Å²) in [6.45, 7) is 0.896. The summed E-state index contributed by atoms with van der Waals surface area (Å²) in [6, 6.07) is 10.9. The second-order valence-corrected chi connectivity index (χ2v) is 7.41. The zero-order valence-electron chi connectivity index (χ0n) is 18.5. The van der Waals surface area contributed by atoms with Crippen LogP contribution in [0.5, 0.6) is 23.0 Å². The van der Waals surface area contributed by atoms with Crippen LogP contribution in [-0.4, -0.2) is 55.9 Å². The van der Waals surface area contributed by atoms with E-state index in [4.69, 9.17) is 23.5 Å². The van der Waals surface area contributed by atoms with E-state index in [9.17, 15) is 4.79 Å². The van der Waals surface area contributed by atoms with Crippen LogP contribution in [0.3, 0.4) is 0 Å². The Bertz CT molecular complexity index is 1090. The van der Waals surface area contributed by atoms with Gasteiger partial charge in [-0.2, -0.15) is 4.98 Å². The SMILES string of the molecule is COc1cc(OC)cc(-c2nc(C3CC(=O)N(Cc4cc(OC)ccc4OC)C3)no2)c1. The molecule has 3 aromatic rings. The number of likely N-dealkylation sites (tertiary alicyclic amines) is 1. The molecule has 0 bridgehead atoms. The van der Waals surface area contributed by atoms with Crippen molar-refractivity contribution in [3.05, 3.63) is 47.8 Å². The fraction of sp³-hybridized carbons (Fsp3) is 0.348. The normalized spacial score (nSPS) is 15.7. The van der Waals surface area contributed by atoms with E-state index in [-0.39, 0.29) is 11.8 Å². The number of carbonyl (C=O) groups excluding carboxylic acids is 1. The molecule has 0 saturated carbocycles. The summed E-state index contributed by atoms with van der Waals surface area (Å²) in [5.74, 6) is 3.35. The summed E-state index contributed by atoms with van der Waals surface area (Å²) in [7, 11) is 6.37. The topological polar surface area (TPSA) is 96.2 Å². The van der Waals surface area contributed by atoms with Gasteiger partial charge >= 0.3 is 0 Å². The fourth-order valence-corrected chi connectivity index (χ4v) is 3.76. The first-order valence-corrected chi connectivity index (χ1v) is 10.1. The number of carbonyl (C=O) groups is 1. The van der Waals surface area contributed by atoms with Gasteiger partial charge in [0, 0.05) is 42.6 Å². The highest BCUT2D eigenvalue weighted by Crippen LogP contribution is 2.33. The number of rotatable bonds is 8. The third-order valence-corrected chi connectivity index (χ3v) is 5.47. The van der Waals surface area contributed by atoms with Crippen molar-refractivity contribution in [3.8, 4) is 34.5 Å². The van der Waals surface area contributed by atoms with Crippen LogP contribution in [-0.2, 0) is 11.3 Å². The molecule has 0 radical (unpaired) electrons. The van der Waals surface area contributed by atoms with E-state index in [1.165, 1.54) is 0 Å². The molecule has 32 heavy (non-hydrogen) atoms.